The first-order valence-corrected chi connectivity index (χ1v) is 8.68. The van der Waals surface area contributed by atoms with Gasteiger partial charge in [0.05, 0.1) is 19.9 Å². The second kappa shape index (κ2) is 9.23. The van der Waals surface area contributed by atoms with Gasteiger partial charge in [-0.3, -0.25) is 9.59 Å². The Morgan fingerprint density at radius 1 is 1.00 bits per heavy atom. The molecular weight excluding hydrogens is 356 g/mol. The Morgan fingerprint density at radius 3 is 2.39 bits per heavy atom. The van der Waals surface area contributed by atoms with Crippen LogP contribution in [0.2, 0.25) is 0 Å². The SMILES string of the molecule is COc1ccc(C(=O)N/C(=C/c2ccccc2)C(=O)NCc2ccco2)cc1. The molecule has 0 spiro atoms. The smallest absolute Gasteiger partial charge is 0.268 e. The zero-order chi connectivity index (χ0) is 19.8. The van der Waals surface area contributed by atoms with Gasteiger partial charge in [-0.25, -0.2) is 0 Å². The minimum atomic E-state index is -0.415. The zero-order valence-electron chi connectivity index (χ0n) is 15.3. The summed E-state index contributed by atoms with van der Waals surface area (Å²) < 4.78 is 10.3. The van der Waals surface area contributed by atoms with E-state index in [1.807, 2.05) is 30.3 Å². The predicted octanol–water partition coefficient (Wildman–Crippen LogP) is 3.38. The molecule has 0 saturated carbocycles. The molecule has 0 atom stereocenters. The summed E-state index contributed by atoms with van der Waals surface area (Å²) >= 11 is 0. The van der Waals surface area contributed by atoms with Crippen LogP contribution in [0.25, 0.3) is 6.08 Å². The molecule has 0 saturated heterocycles. The van der Waals surface area contributed by atoms with Crippen molar-refractivity contribution in [1.29, 1.82) is 0 Å². The van der Waals surface area contributed by atoms with E-state index in [1.54, 1.807) is 49.6 Å². The lowest BCUT2D eigenvalue weighted by molar-refractivity contribution is -0.118. The number of nitrogens with one attached hydrogen (secondary N) is 2. The maximum atomic E-state index is 12.7. The van der Waals surface area contributed by atoms with Crippen LogP contribution in [-0.2, 0) is 11.3 Å². The summed E-state index contributed by atoms with van der Waals surface area (Å²) in [5.41, 5.74) is 1.35. The molecule has 0 fully saturated rings. The lowest BCUT2D eigenvalue weighted by Gasteiger charge is -2.11. The molecule has 1 aromatic heterocycles. The lowest BCUT2D eigenvalue weighted by atomic mass is 10.1. The monoisotopic (exact) mass is 376 g/mol. The Hall–Kier alpha value is -3.80. The second-order valence-corrected chi connectivity index (χ2v) is 5.91. The van der Waals surface area contributed by atoms with Crippen LogP contribution in [0.15, 0.2) is 83.1 Å². The molecule has 0 aliphatic rings. The molecule has 3 rings (SSSR count). The number of carbonyl (C=O) groups is 2. The topological polar surface area (TPSA) is 80.6 Å². The fraction of sp³-hybridized carbons (Fsp3) is 0.0909. The number of rotatable bonds is 7. The first-order valence-electron chi connectivity index (χ1n) is 8.68. The van der Waals surface area contributed by atoms with E-state index in [0.29, 0.717) is 17.1 Å². The van der Waals surface area contributed by atoms with Crippen molar-refractivity contribution in [3.05, 3.63) is 95.6 Å². The highest BCUT2D eigenvalue weighted by Gasteiger charge is 2.15. The van der Waals surface area contributed by atoms with Crippen molar-refractivity contribution in [3.8, 4) is 5.75 Å². The largest absolute Gasteiger partial charge is 0.497 e. The fourth-order valence-electron chi connectivity index (χ4n) is 2.49. The van der Waals surface area contributed by atoms with Gasteiger partial charge in [-0.05, 0) is 48.0 Å². The quantitative estimate of drug-likeness (QED) is 0.620. The van der Waals surface area contributed by atoms with Crippen LogP contribution in [0.3, 0.4) is 0 Å². The summed E-state index contributed by atoms with van der Waals surface area (Å²) in [6, 6.07) is 19.4. The minimum Gasteiger partial charge on any atom is -0.497 e. The van der Waals surface area contributed by atoms with E-state index >= 15 is 0 Å². The van der Waals surface area contributed by atoms with E-state index in [2.05, 4.69) is 10.6 Å². The van der Waals surface area contributed by atoms with Crippen LogP contribution in [0.4, 0.5) is 0 Å². The lowest BCUT2D eigenvalue weighted by Crippen LogP contribution is -2.34. The van der Waals surface area contributed by atoms with Gasteiger partial charge in [-0.2, -0.15) is 0 Å². The molecule has 3 aromatic rings. The third-order valence-corrected chi connectivity index (χ3v) is 3.96. The van der Waals surface area contributed by atoms with Crippen molar-refractivity contribution < 1.29 is 18.7 Å². The van der Waals surface area contributed by atoms with E-state index in [-0.39, 0.29) is 12.2 Å². The molecule has 2 amide bonds. The van der Waals surface area contributed by atoms with Gasteiger partial charge in [0.1, 0.15) is 17.2 Å². The van der Waals surface area contributed by atoms with Crippen LogP contribution in [0.5, 0.6) is 5.75 Å². The van der Waals surface area contributed by atoms with Crippen molar-refractivity contribution in [2.24, 2.45) is 0 Å². The summed E-state index contributed by atoms with van der Waals surface area (Å²) in [6.07, 6.45) is 3.16. The third kappa shape index (κ3) is 5.11. The summed E-state index contributed by atoms with van der Waals surface area (Å²) in [4.78, 5) is 25.2. The van der Waals surface area contributed by atoms with Gasteiger partial charge in [0.25, 0.3) is 11.8 Å². The summed E-state index contributed by atoms with van der Waals surface area (Å²) in [7, 11) is 1.55. The Morgan fingerprint density at radius 2 is 1.75 bits per heavy atom. The average Bonchev–Trinajstić information content (AvgIpc) is 3.26. The maximum Gasteiger partial charge on any atom is 0.268 e. The summed E-state index contributed by atoms with van der Waals surface area (Å²) in [6.45, 7) is 0.219. The molecule has 142 valence electrons. The van der Waals surface area contributed by atoms with E-state index in [0.717, 1.165) is 5.56 Å². The number of ether oxygens (including phenoxy) is 1. The minimum absolute atomic E-state index is 0.138. The number of hydrogen-bond acceptors (Lipinski definition) is 4. The molecule has 0 aliphatic heterocycles. The molecule has 0 bridgehead atoms. The number of methoxy groups -OCH3 is 1. The fourth-order valence-corrected chi connectivity index (χ4v) is 2.49. The molecular formula is C22H20N2O4. The van der Waals surface area contributed by atoms with Crippen molar-refractivity contribution in [2.45, 2.75) is 6.54 Å². The van der Waals surface area contributed by atoms with Crippen LogP contribution >= 0.6 is 0 Å². The van der Waals surface area contributed by atoms with Crippen LogP contribution in [-0.4, -0.2) is 18.9 Å². The number of benzene rings is 2. The van der Waals surface area contributed by atoms with Crippen LogP contribution in [0, 0.1) is 0 Å². The van der Waals surface area contributed by atoms with Gasteiger partial charge in [0.15, 0.2) is 0 Å². The molecule has 28 heavy (non-hydrogen) atoms. The highest BCUT2D eigenvalue weighted by Crippen LogP contribution is 2.12. The average molecular weight is 376 g/mol. The zero-order valence-corrected chi connectivity index (χ0v) is 15.3. The predicted molar refractivity (Wildman–Crippen MR) is 105 cm³/mol. The maximum absolute atomic E-state index is 12.7. The van der Waals surface area contributed by atoms with Crippen LogP contribution in [0.1, 0.15) is 21.7 Å². The first kappa shape index (κ1) is 19.0. The normalized spacial score (nSPS) is 11.0. The summed E-state index contributed by atoms with van der Waals surface area (Å²) in [5, 5.41) is 5.43. The first-order chi connectivity index (χ1) is 13.7. The van der Waals surface area contributed by atoms with Gasteiger partial charge in [0.2, 0.25) is 0 Å². The van der Waals surface area contributed by atoms with E-state index in [1.165, 1.54) is 6.26 Å². The van der Waals surface area contributed by atoms with E-state index in [4.69, 9.17) is 9.15 Å². The summed E-state index contributed by atoms with van der Waals surface area (Å²) in [5.74, 6) is 0.460. The molecule has 6 heteroatoms. The molecule has 2 N–H and O–H groups in total. The van der Waals surface area contributed by atoms with Crippen molar-refractivity contribution >= 4 is 17.9 Å². The van der Waals surface area contributed by atoms with Gasteiger partial charge in [-0.15, -0.1) is 0 Å². The molecule has 0 unspecified atom stereocenters. The van der Waals surface area contributed by atoms with Crippen molar-refractivity contribution in [2.75, 3.05) is 7.11 Å². The highest BCUT2D eigenvalue weighted by molar-refractivity contribution is 6.05. The highest BCUT2D eigenvalue weighted by atomic mass is 16.5. The molecule has 0 aliphatic carbocycles. The van der Waals surface area contributed by atoms with E-state index in [9.17, 15) is 9.59 Å². The Kier molecular flexibility index (Phi) is 6.25. The molecule has 1 heterocycles. The van der Waals surface area contributed by atoms with Gasteiger partial charge in [0, 0.05) is 5.56 Å². The number of hydrogen-bond donors (Lipinski definition) is 2. The van der Waals surface area contributed by atoms with E-state index < -0.39 is 11.8 Å². The Balaban J connectivity index is 1.77. The number of carbonyl (C=O) groups excluding carboxylic acids is 2. The van der Waals surface area contributed by atoms with Gasteiger partial charge >= 0.3 is 0 Å². The molecule has 2 aromatic carbocycles. The Bertz CT molecular complexity index is 946. The Labute approximate surface area is 162 Å². The number of furan rings is 1. The molecule has 6 nitrogen and oxygen atoms in total. The third-order valence-electron chi connectivity index (χ3n) is 3.96. The van der Waals surface area contributed by atoms with Crippen LogP contribution < -0.4 is 15.4 Å². The second-order valence-electron chi connectivity index (χ2n) is 5.91. The van der Waals surface area contributed by atoms with Gasteiger partial charge in [-0.1, -0.05) is 30.3 Å². The van der Waals surface area contributed by atoms with Crippen molar-refractivity contribution in [3.63, 3.8) is 0 Å². The van der Waals surface area contributed by atoms with Gasteiger partial charge < -0.3 is 19.8 Å². The van der Waals surface area contributed by atoms with Crippen molar-refractivity contribution in [1.82, 2.24) is 10.6 Å². The molecule has 0 radical (unpaired) electrons. The number of amides is 2. The standard InChI is InChI=1S/C22H20N2O4/c1-27-18-11-9-17(10-12-18)21(25)24-20(14-16-6-3-2-4-7-16)22(26)23-15-19-8-5-13-28-19/h2-14H,15H2,1H3,(H,23,26)(H,24,25)/b20-14+.